The van der Waals surface area contributed by atoms with Gasteiger partial charge in [-0.15, -0.1) is 0 Å². The van der Waals surface area contributed by atoms with E-state index in [0.29, 0.717) is 61.3 Å². The molecule has 0 atom stereocenters. The second-order valence-electron chi connectivity index (χ2n) is 36.1. The maximum Gasteiger partial charge on any atom is 0.339 e. The minimum Gasteiger partial charge on any atom is -0.488 e. The first-order valence-corrected chi connectivity index (χ1v) is 39.5. The number of halogens is 2. The highest BCUT2D eigenvalue weighted by atomic mass is 79.9. The number of nitrogens with zero attached hydrogens (tertiary/aromatic N) is 5. The first-order valence-electron chi connectivity index (χ1n) is 37.9. The van der Waals surface area contributed by atoms with Crippen LogP contribution in [-0.4, -0.2) is 202 Å². The molecule has 0 amide bonds. The van der Waals surface area contributed by atoms with Crippen LogP contribution in [0, 0.1) is 13.8 Å². The van der Waals surface area contributed by atoms with Gasteiger partial charge in [-0.05, 0) is 285 Å². The van der Waals surface area contributed by atoms with E-state index in [1.807, 2.05) is 39.8 Å². The summed E-state index contributed by atoms with van der Waals surface area (Å²) in [7, 11) is 1.23. The predicted octanol–water partition coefficient (Wildman–Crippen LogP) is 14.7. The van der Waals surface area contributed by atoms with Crippen molar-refractivity contribution in [2.24, 2.45) is 4.99 Å². The summed E-state index contributed by atoms with van der Waals surface area (Å²) in [5.41, 5.74) is -2.69. The number of hydrogen-bond acceptors (Lipinski definition) is 28. The smallest absolute Gasteiger partial charge is 0.339 e. The van der Waals surface area contributed by atoms with Crippen molar-refractivity contribution in [1.29, 1.82) is 0 Å². The molecule has 0 N–H and O–H groups in total. The van der Waals surface area contributed by atoms with Crippen molar-refractivity contribution in [1.82, 2.24) is 0 Å². The molecule has 1 aliphatic rings. The van der Waals surface area contributed by atoms with Crippen LogP contribution < -0.4 is 38.5 Å². The van der Waals surface area contributed by atoms with Gasteiger partial charge in [0.1, 0.15) is 153 Å². The molecule has 0 aliphatic carbocycles. The average molecular weight is 1740 g/mol. The van der Waals surface area contributed by atoms with Crippen LogP contribution in [0.5, 0.6) is 23.0 Å². The van der Waals surface area contributed by atoms with Gasteiger partial charge < -0.3 is 85.9 Å². The van der Waals surface area contributed by atoms with Gasteiger partial charge in [0.2, 0.25) is 5.90 Å². The Morgan fingerprint density at radius 2 is 0.609 bits per heavy atom. The Labute approximate surface area is 696 Å². The van der Waals surface area contributed by atoms with Crippen molar-refractivity contribution < 1.29 is 109 Å². The molecular weight excluding hydrogens is 1620 g/mol. The molecule has 0 saturated heterocycles. The number of aryl methyl sites for hydroxylation is 2. The van der Waals surface area contributed by atoms with Gasteiger partial charge in [-0.25, -0.2) is 9.79 Å². The van der Waals surface area contributed by atoms with Gasteiger partial charge in [0.25, 0.3) is 0 Å². The van der Waals surface area contributed by atoms with E-state index in [1.165, 1.54) is 29.0 Å². The van der Waals surface area contributed by atoms with Gasteiger partial charge in [-0.3, -0.25) is 38.4 Å². The number of benzene rings is 4. The molecule has 0 saturated carbocycles. The van der Waals surface area contributed by atoms with Crippen LogP contribution >= 0.6 is 31.9 Å². The van der Waals surface area contributed by atoms with Crippen LogP contribution in [0.2, 0.25) is 0 Å². The quantitative estimate of drug-likeness (QED) is 0.0249. The Bertz CT molecular complexity index is 3980. The summed E-state index contributed by atoms with van der Waals surface area (Å²) < 4.78 is 81.7. The van der Waals surface area contributed by atoms with E-state index >= 15 is 0 Å². The highest BCUT2D eigenvalue weighted by Crippen LogP contribution is 2.40. The Morgan fingerprint density at radius 3 is 0.852 bits per heavy atom. The topological polar surface area (TPSA) is 308 Å². The second kappa shape index (κ2) is 40.7. The largest absolute Gasteiger partial charge is 0.488 e. The molecule has 0 fully saturated rings. The summed E-state index contributed by atoms with van der Waals surface area (Å²) in [6.45, 7) is 47.7. The Kier molecular flexibility index (Phi) is 34.8. The van der Waals surface area contributed by atoms with Crippen molar-refractivity contribution in [2.45, 2.75) is 244 Å². The van der Waals surface area contributed by atoms with Crippen molar-refractivity contribution in [2.75, 3.05) is 112 Å². The normalized spacial score (nSPS) is 13.0. The first kappa shape index (κ1) is 98.3. The van der Waals surface area contributed by atoms with Gasteiger partial charge in [-0.1, -0.05) is 12.1 Å². The van der Waals surface area contributed by atoms with E-state index in [2.05, 4.69) is 31.9 Å². The highest BCUT2D eigenvalue weighted by Gasteiger charge is 2.35. The zero-order valence-electron chi connectivity index (χ0n) is 72.8. The molecule has 0 bridgehead atoms. The lowest BCUT2D eigenvalue weighted by molar-refractivity contribution is -0.156. The molecule has 1 aliphatic heterocycles. The maximum absolute atomic E-state index is 13.3. The molecule has 28 nitrogen and oxygen atoms in total. The molecule has 0 aromatic heterocycles. The maximum atomic E-state index is 13.3. The van der Waals surface area contributed by atoms with Crippen molar-refractivity contribution >= 4 is 114 Å². The second-order valence-corrected chi connectivity index (χ2v) is 37.8. The lowest BCUT2D eigenvalue weighted by Crippen LogP contribution is -2.40. The SMILES string of the molecule is COC(=O)c1cc(N(CC(=O)OC(C)(C)C)CC(=O)OC(C)(C)C)c(OCCOc2cc(C)ccc2N(CC(=O)OC(C)(C)C)CC(=O)OC(C)(C)C)cc1Br.Cc1ccc(N(CC(=O)OC(C)(C)C)CC(=O)OC(C)(C)C)c(OCCOc2cc(Br)c(C3=NC(C)(C)CO3)cc2N(CC(=O)OC(C)(C)C)CC(=O)OC(C)(C)C)c1. The molecular formula is C85H123Br2N5O23. The third-order valence-electron chi connectivity index (χ3n) is 14.4. The Hall–Kier alpha value is -9.06. The van der Waals surface area contributed by atoms with E-state index in [4.69, 9.17) is 71.3 Å². The molecule has 0 spiro atoms. The van der Waals surface area contributed by atoms with Crippen LogP contribution in [0.1, 0.15) is 207 Å². The summed E-state index contributed by atoms with van der Waals surface area (Å²) >= 11 is 7.07. The van der Waals surface area contributed by atoms with Crippen LogP contribution in [0.4, 0.5) is 22.7 Å². The summed E-state index contributed by atoms with van der Waals surface area (Å²) in [5.74, 6) is -3.57. The zero-order chi connectivity index (χ0) is 87.5. The molecule has 0 radical (unpaired) electrons. The number of hydrogen-bond donors (Lipinski definition) is 0. The first-order chi connectivity index (χ1) is 52.4. The van der Waals surface area contributed by atoms with Crippen molar-refractivity contribution in [3.8, 4) is 23.0 Å². The van der Waals surface area contributed by atoms with Gasteiger partial charge in [-0.2, -0.15) is 0 Å². The Morgan fingerprint density at radius 1 is 0.365 bits per heavy atom. The standard InChI is InChI=1S/C44H64BrN3O11.C41H59BrN2O12/c1-28-16-17-31(47(23-35(49)56-40(2,3)4)24-36(50)57-41(5,6)7)33(20-28)53-18-19-54-34-22-30(45)29(39-46-44(14,15)27-55-39)21-32(34)48(25-37(51)58-42(8,9)10)26-38(52)59-43(11,12)13;1-26-15-16-29(43(22-33(45)53-38(2,3)4)23-34(46)54-39(5,6)7)31(19-26)51-17-18-52-32-21-28(42)27(37(49)50-14)20-30(32)44(24-35(47)55-40(8,9)10)25-36(48)56-41(11,12)13/h16-17,20-22H,18-19,23-27H2,1-15H3;15-16,19-21H,17-18,22-25H2,1-14H3. The molecule has 5 rings (SSSR count). The summed E-state index contributed by atoms with van der Waals surface area (Å²) in [5, 5.41) is 0. The summed E-state index contributed by atoms with van der Waals surface area (Å²) in [4.78, 5) is 129. The fourth-order valence-corrected chi connectivity index (χ4v) is 11.7. The third kappa shape index (κ3) is 37.6. The number of rotatable bonds is 32. The number of methoxy groups -OCH3 is 1. The minimum atomic E-state index is -0.813. The van der Waals surface area contributed by atoms with Gasteiger partial charge in [0.05, 0.1) is 46.5 Å². The highest BCUT2D eigenvalue weighted by molar-refractivity contribution is 9.10. The van der Waals surface area contributed by atoms with Crippen molar-refractivity contribution in [3.05, 3.63) is 91.9 Å². The number of anilines is 4. The third-order valence-corrected chi connectivity index (χ3v) is 15.7. The molecule has 0 unspecified atom stereocenters. The summed E-state index contributed by atoms with van der Waals surface area (Å²) in [6.07, 6.45) is 0. The monoisotopic (exact) mass is 1740 g/mol. The number of carbonyl (C=O) groups is 9. The minimum absolute atomic E-state index is 0.00148. The average Bonchev–Trinajstić information content (AvgIpc) is 1.78. The van der Waals surface area contributed by atoms with Crippen LogP contribution in [0.3, 0.4) is 0 Å². The molecule has 640 valence electrons. The zero-order valence-corrected chi connectivity index (χ0v) is 76.0. The van der Waals surface area contributed by atoms with Gasteiger partial charge in [0.15, 0.2) is 0 Å². The lowest BCUT2D eigenvalue weighted by atomic mass is 10.1. The molecule has 115 heavy (non-hydrogen) atoms. The van der Waals surface area contributed by atoms with Crippen LogP contribution in [-0.2, 0) is 85.7 Å². The molecule has 4 aromatic carbocycles. The van der Waals surface area contributed by atoms with E-state index in [-0.39, 0.29) is 95.8 Å². The Balaban J connectivity index is 0.000000485. The van der Waals surface area contributed by atoms with Crippen molar-refractivity contribution in [3.63, 3.8) is 0 Å². The van der Waals surface area contributed by atoms with Crippen LogP contribution in [0.25, 0.3) is 0 Å². The predicted molar refractivity (Wildman–Crippen MR) is 446 cm³/mol. The number of esters is 9. The number of ether oxygens (including phenoxy) is 14. The fourth-order valence-electron chi connectivity index (χ4n) is 10.7. The number of carbonyl (C=O) groups excluding carboxylic acids is 9. The van der Waals surface area contributed by atoms with Gasteiger partial charge >= 0.3 is 53.7 Å². The number of aliphatic imine (C=N–C) groups is 1. The lowest BCUT2D eigenvalue weighted by Gasteiger charge is -2.29. The fraction of sp³-hybridized carbons (Fsp3) is 0.600. The molecule has 30 heteroatoms. The summed E-state index contributed by atoms with van der Waals surface area (Å²) in [6, 6.07) is 17.2. The van der Waals surface area contributed by atoms with E-state index in [1.54, 1.807) is 212 Å². The van der Waals surface area contributed by atoms with Crippen LogP contribution in [0.15, 0.2) is 74.6 Å². The van der Waals surface area contributed by atoms with Gasteiger partial charge in [0, 0.05) is 8.95 Å². The molecule has 1 heterocycles. The van der Waals surface area contributed by atoms with E-state index in [9.17, 15) is 43.2 Å². The van der Waals surface area contributed by atoms with E-state index in [0.717, 1.165) is 11.1 Å². The van der Waals surface area contributed by atoms with E-state index < -0.39 is 104 Å². The molecule has 4 aromatic rings.